The summed E-state index contributed by atoms with van der Waals surface area (Å²) in [5, 5.41) is 12.5. The van der Waals surface area contributed by atoms with Gasteiger partial charge in [-0.15, -0.1) is 0 Å². The van der Waals surface area contributed by atoms with Crippen molar-refractivity contribution in [2.24, 2.45) is 0 Å². The molecule has 0 aliphatic carbocycles. The molecule has 25 heavy (non-hydrogen) atoms. The van der Waals surface area contributed by atoms with Gasteiger partial charge < -0.3 is 4.74 Å². The molecule has 3 rings (SSSR count). The highest BCUT2D eigenvalue weighted by molar-refractivity contribution is 9.10. The molecule has 0 aliphatic rings. The first-order valence-corrected chi connectivity index (χ1v) is 8.15. The first kappa shape index (κ1) is 16.9. The van der Waals surface area contributed by atoms with Crippen molar-refractivity contribution in [1.82, 2.24) is 0 Å². The van der Waals surface area contributed by atoms with Crippen LogP contribution in [0.2, 0.25) is 0 Å². The number of esters is 1. The molecule has 0 saturated heterocycles. The summed E-state index contributed by atoms with van der Waals surface area (Å²) in [7, 11) is 0. The monoisotopic (exact) mass is 397 g/mol. The topological polar surface area (TPSA) is 69.4 Å². The Bertz CT molecular complexity index is 998. The Kier molecular flexibility index (Phi) is 4.90. The van der Waals surface area contributed by atoms with E-state index in [4.69, 9.17) is 4.74 Å². The maximum absolute atomic E-state index is 12.1. The number of carbonyl (C=O) groups is 1. The number of rotatable bonds is 4. The summed E-state index contributed by atoms with van der Waals surface area (Å²) < 4.78 is 6.31. The maximum atomic E-state index is 12.1. The van der Waals surface area contributed by atoms with E-state index in [0.717, 1.165) is 15.2 Å². The summed E-state index contributed by atoms with van der Waals surface area (Å²) in [4.78, 5) is 22.4. The lowest BCUT2D eigenvalue weighted by atomic mass is 10.1. The summed E-state index contributed by atoms with van der Waals surface area (Å²) in [6, 6.07) is 17.1. The zero-order valence-electron chi connectivity index (χ0n) is 12.9. The van der Waals surface area contributed by atoms with Gasteiger partial charge in [0.15, 0.2) is 0 Å². The third-order valence-electron chi connectivity index (χ3n) is 3.53. The molecule has 3 aromatic carbocycles. The van der Waals surface area contributed by atoms with Crippen molar-refractivity contribution in [2.45, 2.75) is 0 Å². The summed E-state index contributed by atoms with van der Waals surface area (Å²) in [5.74, 6) is -0.105. The first-order chi connectivity index (χ1) is 12.0. The van der Waals surface area contributed by atoms with Crippen LogP contribution < -0.4 is 4.74 Å². The number of nitro groups is 1. The van der Waals surface area contributed by atoms with Crippen molar-refractivity contribution in [1.29, 1.82) is 0 Å². The molecule has 0 heterocycles. The van der Waals surface area contributed by atoms with Gasteiger partial charge in [-0.25, -0.2) is 4.79 Å². The lowest BCUT2D eigenvalue weighted by Gasteiger charge is -2.07. The minimum absolute atomic E-state index is 0.0329. The average molecular weight is 398 g/mol. The molecule has 0 unspecified atom stereocenters. The Morgan fingerprint density at radius 3 is 2.56 bits per heavy atom. The smallest absolute Gasteiger partial charge is 0.336 e. The number of nitro benzene ring substituents is 1. The van der Waals surface area contributed by atoms with Crippen molar-refractivity contribution in [3.63, 3.8) is 0 Å². The van der Waals surface area contributed by atoms with E-state index in [2.05, 4.69) is 15.9 Å². The molecule has 6 heteroatoms. The molecule has 0 spiro atoms. The standard InChI is InChI=1S/C19H12BrNO4/c20-17-9-10-18(16-7-2-1-6-15(16)17)25-19(22)11-8-13-4-3-5-14(12-13)21(23)24/h1-12H/b11-8+. The number of fused-ring (bicyclic) bond motifs is 1. The van der Waals surface area contributed by atoms with E-state index < -0.39 is 10.9 Å². The molecule has 0 fully saturated rings. The van der Waals surface area contributed by atoms with Gasteiger partial charge in [0, 0.05) is 28.1 Å². The lowest BCUT2D eigenvalue weighted by Crippen LogP contribution is -2.04. The van der Waals surface area contributed by atoms with Gasteiger partial charge in [0.1, 0.15) is 5.75 Å². The van der Waals surface area contributed by atoms with Gasteiger partial charge in [0.2, 0.25) is 0 Å². The van der Waals surface area contributed by atoms with Gasteiger partial charge in [-0.05, 0) is 29.2 Å². The van der Waals surface area contributed by atoms with Crippen molar-refractivity contribution in [3.8, 4) is 5.75 Å². The van der Waals surface area contributed by atoms with Crippen LogP contribution in [0, 0.1) is 10.1 Å². The minimum Gasteiger partial charge on any atom is -0.423 e. The number of hydrogen-bond donors (Lipinski definition) is 0. The lowest BCUT2D eigenvalue weighted by molar-refractivity contribution is -0.384. The molecule has 0 saturated carbocycles. The van der Waals surface area contributed by atoms with Gasteiger partial charge in [0.05, 0.1) is 4.92 Å². The van der Waals surface area contributed by atoms with Crippen molar-refractivity contribution in [2.75, 3.05) is 0 Å². The van der Waals surface area contributed by atoms with E-state index in [0.29, 0.717) is 11.3 Å². The van der Waals surface area contributed by atoms with Gasteiger partial charge >= 0.3 is 5.97 Å². The second-order valence-corrected chi connectivity index (χ2v) is 6.05. The Morgan fingerprint density at radius 1 is 1.04 bits per heavy atom. The van der Waals surface area contributed by atoms with E-state index in [1.54, 1.807) is 18.2 Å². The SMILES string of the molecule is O=C(/C=C/c1cccc([N+](=O)[O-])c1)Oc1ccc(Br)c2ccccc12. The number of benzene rings is 3. The fourth-order valence-electron chi connectivity index (χ4n) is 2.37. The first-order valence-electron chi connectivity index (χ1n) is 7.36. The van der Waals surface area contributed by atoms with Gasteiger partial charge in [-0.1, -0.05) is 52.3 Å². The van der Waals surface area contributed by atoms with Crippen LogP contribution in [0.4, 0.5) is 5.69 Å². The number of halogens is 1. The largest absolute Gasteiger partial charge is 0.423 e. The van der Waals surface area contributed by atoms with Crippen molar-refractivity contribution >= 4 is 44.4 Å². The summed E-state index contributed by atoms with van der Waals surface area (Å²) in [5.41, 5.74) is 0.515. The molecule has 0 aromatic heterocycles. The third-order valence-corrected chi connectivity index (χ3v) is 4.23. The molecule has 0 radical (unpaired) electrons. The van der Waals surface area contributed by atoms with E-state index in [9.17, 15) is 14.9 Å². The number of nitrogens with zero attached hydrogens (tertiary/aromatic N) is 1. The van der Waals surface area contributed by atoms with E-state index in [1.807, 2.05) is 30.3 Å². The van der Waals surface area contributed by atoms with Crippen molar-refractivity contribution < 1.29 is 14.5 Å². The highest BCUT2D eigenvalue weighted by Crippen LogP contribution is 2.31. The minimum atomic E-state index is -0.556. The Labute approximate surface area is 151 Å². The summed E-state index contributed by atoms with van der Waals surface area (Å²) in [6.45, 7) is 0. The second kappa shape index (κ2) is 7.27. The number of non-ortho nitro benzene ring substituents is 1. The molecular weight excluding hydrogens is 386 g/mol. The highest BCUT2D eigenvalue weighted by Gasteiger charge is 2.08. The Hall–Kier alpha value is -2.99. The molecule has 0 atom stereocenters. The number of ether oxygens (including phenoxy) is 1. The second-order valence-electron chi connectivity index (χ2n) is 5.20. The Balaban J connectivity index is 1.80. The predicted molar refractivity (Wildman–Crippen MR) is 99.4 cm³/mol. The van der Waals surface area contributed by atoms with Gasteiger partial charge in [-0.3, -0.25) is 10.1 Å². The zero-order valence-corrected chi connectivity index (χ0v) is 14.5. The van der Waals surface area contributed by atoms with Crippen LogP contribution in [0.15, 0.2) is 71.2 Å². The van der Waals surface area contributed by atoms with Crippen molar-refractivity contribution in [3.05, 3.63) is 86.9 Å². The van der Waals surface area contributed by atoms with Crippen LogP contribution in [-0.2, 0) is 4.79 Å². The number of hydrogen-bond acceptors (Lipinski definition) is 4. The zero-order chi connectivity index (χ0) is 17.8. The quantitative estimate of drug-likeness (QED) is 0.201. The number of carbonyl (C=O) groups excluding carboxylic acids is 1. The van der Waals surface area contributed by atoms with Gasteiger partial charge in [0.25, 0.3) is 5.69 Å². The van der Waals surface area contributed by atoms with E-state index in [-0.39, 0.29) is 5.69 Å². The molecule has 0 bridgehead atoms. The normalized spacial score (nSPS) is 10.9. The van der Waals surface area contributed by atoms with E-state index in [1.165, 1.54) is 24.3 Å². The van der Waals surface area contributed by atoms with Crippen LogP contribution in [0.25, 0.3) is 16.8 Å². The third kappa shape index (κ3) is 3.92. The molecular formula is C19H12BrNO4. The van der Waals surface area contributed by atoms with Gasteiger partial charge in [-0.2, -0.15) is 0 Å². The van der Waals surface area contributed by atoms with Crippen LogP contribution in [0.3, 0.4) is 0 Å². The molecule has 3 aromatic rings. The molecule has 0 amide bonds. The molecule has 5 nitrogen and oxygen atoms in total. The fraction of sp³-hybridized carbons (Fsp3) is 0. The molecule has 0 N–H and O–H groups in total. The Morgan fingerprint density at radius 2 is 1.80 bits per heavy atom. The molecule has 0 aliphatic heterocycles. The predicted octanol–water partition coefficient (Wildman–Crippen LogP) is 5.13. The van der Waals surface area contributed by atoms with E-state index >= 15 is 0 Å². The maximum Gasteiger partial charge on any atom is 0.336 e. The van der Waals surface area contributed by atoms with Crippen LogP contribution >= 0.6 is 15.9 Å². The fourth-order valence-corrected chi connectivity index (χ4v) is 2.85. The molecule has 124 valence electrons. The summed E-state index contributed by atoms with van der Waals surface area (Å²) >= 11 is 3.47. The summed E-state index contributed by atoms with van der Waals surface area (Å²) in [6.07, 6.45) is 2.73. The highest BCUT2D eigenvalue weighted by atomic mass is 79.9. The average Bonchev–Trinajstić information content (AvgIpc) is 2.63. The van der Waals surface area contributed by atoms with Crippen LogP contribution in [0.1, 0.15) is 5.56 Å². The van der Waals surface area contributed by atoms with Crippen LogP contribution in [0.5, 0.6) is 5.75 Å². The van der Waals surface area contributed by atoms with Crippen LogP contribution in [-0.4, -0.2) is 10.9 Å².